The van der Waals surface area contributed by atoms with E-state index in [1.807, 2.05) is 6.92 Å². The first-order valence-electron chi connectivity index (χ1n) is 4.14. The van der Waals surface area contributed by atoms with Crippen molar-refractivity contribution in [2.24, 2.45) is 0 Å². The average molecular weight is 193 g/mol. The van der Waals surface area contributed by atoms with Crippen molar-refractivity contribution < 1.29 is 0 Å². The Bertz CT molecular complexity index is 408. The summed E-state index contributed by atoms with van der Waals surface area (Å²) in [6.07, 6.45) is 0. The molecule has 0 atom stereocenters. The summed E-state index contributed by atoms with van der Waals surface area (Å²) in [6.45, 7) is 6.06. The van der Waals surface area contributed by atoms with E-state index in [-0.39, 0.29) is 0 Å². The lowest BCUT2D eigenvalue weighted by Gasteiger charge is -2.02. The van der Waals surface area contributed by atoms with E-state index in [1.165, 1.54) is 22.9 Å². The van der Waals surface area contributed by atoms with Gasteiger partial charge in [-0.05, 0) is 32.9 Å². The summed E-state index contributed by atoms with van der Waals surface area (Å²) in [7, 11) is 0. The highest BCUT2D eigenvalue weighted by molar-refractivity contribution is 7.08. The Morgan fingerprint density at radius 2 is 1.77 bits per heavy atom. The maximum absolute atomic E-state index is 4.35. The first-order valence-corrected chi connectivity index (χ1v) is 4.91. The molecule has 0 aromatic carbocycles. The molecule has 0 saturated heterocycles. The van der Waals surface area contributed by atoms with Crippen molar-refractivity contribution in [3.05, 3.63) is 29.3 Å². The van der Waals surface area contributed by atoms with Crippen LogP contribution in [0.2, 0.25) is 0 Å². The summed E-state index contributed by atoms with van der Waals surface area (Å²) in [5.41, 5.74) is 2.40. The molecule has 4 heteroatoms. The van der Waals surface area contributed by atoms with Gasteiger partial charge in [0.05, 0.1) is 0 Å². The molecule has 0 N–H and O–H groups in total. The predicted molar refractivity (Wildman–Crippen MR) is 53.4 cm³/mol. The minimum atomic E-state index is 0.840. The molecule has 0 radical (unpaired) electrons. The van der Waals surface area contributed by atoms with Crippen LogP contribution in [0.5, 0.6) is 0 Å². The van der Waals surface area contributed by atoms with Crippen molar-refractivity contribution >= 4 is 11.5 Å². The molecule has 13 heavy (non-hydrogen) atoms. The lowest BCUT2D eigenvalue weighted by molar-refractivity contribution is 0.939. The van der Waals surface area contributed by atoms with Gasteiger partial charge in [-0.15, -0.1) is 0 Å². The van der Waals surface area contributed by atoms with Crippen molar-refractivity contribution in [2.75, 3.05) is 0 Å². The minimum absolute atomic E-state index is 0.840. The van der Waals surface area contributed by atoms with Gasteiger partial charge in [-0.25, -0.2) is 4.98 Å². The van der Waals surface area contributed by atoms with Crippen LogP contribution in [0.3, 0.4) is 0 Å². The van der Waals surface area contributed by atoms with Gasteiger partial charge in [0.2, 0.25) is 5.13 Å². The maximum Gasteiger partial charge on any atom is 0.213 e. The zero-order valence-corrected chi connectivity index (χ0v) is 8.72. The summed E-state index contributed by atoms with van der Waals surface area (Å²) in [5, 5.41) is 0.956. The van der Waals surface area contributed by atoms with Crippen LogP contribution in [0, 0.1) is 20.8 Å². The second-order valence-electron chi connectivity index (χ2n) is 3.08. The van der Waals surface area contributed by atoms with E-state index in [4.69, 9.17) is 0 Å². The third-order valence-corrected chi connectivity index (χ3v) is 2.77. The summed E-state index contributed by atoms with van der Waals surface area (Å²) < 4.78 is 6.28. The molecule has 0 aliphatic rings. The minimum Gasteiger partial charge on any atom is -0.293 e. The standard InChI is InChI=1S/C9H11N3S/c1-6-4-5-7(2)12(6)9-10-8(3)11-13-9/h4-5H,1-3H3. The molecule has 0 spiro atoms. The third kappa shape index (κ3) is 1.37. The Kier molecular flexibility index (Phi) is 1.92. The Morgan fingerprint density at radius 1 is 1.15 bits per heavy atom. The number of nitrogens with zero attached hydrogens (tertiary/aromatic N) is 3. The molecule has 0 amide bonds. The van der Waals surface area contributed by atoms with E-state index in [1.54, 1.807) is 0 Å². The quantitative estimate of drug-likeness (QED) is 0.695. The summed E-state index contributed by atoms with van der Waals surface area (Å²) in [6, 6.07) is 4.18. The van der Waals surface area contributed by atoms with E-state index >= 15 is 0 Å². The van der Waals surface area contributed by atoms with Gasteiger partial charge in [0, 0.05) is 22.9 Å². The van der Waals surface area contributed by atoms with Crippen LogP contribution < -0.4 is 0 Å². The summed E-state index contributed by atoms with van der Waals surface area (Å²) >= 11 is 1.44. The monoisotopic (exact) mass is 193 g/mol. The number of aryl methyl sites for hydroxylation is 3. The highest BCUT2D eigenvalue weighted by Crippen LogP contribution is 2.17. The second-order valence-corrected chi connectivity index (χ2v) is 3.81. The van der Waals surface area contributed by atoms with E-state index < -0.39 is 0 Å². The Hall–Kier alpha value is -1.16. The van der Waals surface area contributed by atoms with Gasteiger partial charge < -0.3 is 0 Å². The normalized spacial score (nSPS) is 10.7. The fourth-order valence-electron chi connectivity index (χ4n) is 1.35. The fraction of sp³-hybridized carbons (Fsp3) is 0.333. The maximum atomic E-state index is 4.35. The van der Waals surface area contributed by atoms with Crippen LogP contribution >= 0.6 is 11.5 Å². The third-order valence-electron chi connectivity index (χ3n) is 1.98. The van der Waals surface area contributed by atoms with Crippen molar-refractivity contribution in [3.8, 4) is 5.13 Å². The molecular formula is C9H11N3S. The number of hydrogen-bond donors (Lipinski definition) is 0. The zero-order chi connectivity index (χ0) is 9.42. The Labute approximate surface area is 81.2 Å². The lowest BCUT2D eigenvalue weighted by Crippen LogP contribution is -1.97. The molecule has 0 aliphatic heterocycles. The molecule has 0 fully saturated rings. The highest BCUT2D eigenvalue weighted by Gasteiger charge is 2.07. The Morgan fingerprint density at radius 3 is 2.23 bits per heavy atom. The van der Waals surface area contributed by atoms with Gasteiger partial charge in [-0.2, -0.15) is 4.37 Å². The number of hydrogen-bond acceptors (Lipinski definition) is 3. The van der Waals surface area contributed by atoms with E-state index in [2.05, 4.69) is 39.9 Å². The van der Waals surface area contributed by atoms with Gasteiger partial charge in [-0.1, -0.05) is 0 Å². The van der Waals surface area contributed by atoms with E-state index in [0.717, 1.165) is 11.0 Å². The number of rotatable bonds is 1. The van der Waals surface area contributed by atoms with Crippen LogP contribution in [0.4, 0.5) is 0 Å². The average Bonchev–Trinajstić information content (AvgIpc) is 2.60. The highest BCUT2D eigenvalue weighted by atomic mass is 32.1. The van der Waals surface area contributed by atoms with Crippen molar-refractivity contribution in [1.82, 2.24) is 13.9 Å². The van der Waals surface area contributed by atoms with Gasteiger partial charge in [0.1, 0.15) is 5.82 Å². The fourth-order valence-corrected chi connectivity index (χ4v) is 2.14. The second kappa shape index (κ2) is 2.96. The van der Waals surface area contributed by atoms with Crippen molar-refractivity contribution in [3.63, 3.8) is 0 Å². The molecule has 2 aromatic heterocycles. The molecule has 3 nitrogen and oxygen atoms in total. The van der Waals surface area contributed by atoms with E-state index in [0.29, 0.717) is 0 Å². The molecule has 0 bridgehead atoms. The van der Waals surface area contributed by atoms with Gasteiger partial charge in [0.25, 0.3) is 0 Å². The van der Waals surface area contributed by atoms with E-state index in [9.17, 15) is 0 Å². The first-order chi connectivity index (χ1) is 6.18. The van der Waals surface area contributed by atoms with Crippen LogP contribution in [0.15, 0.2) is 12.1 Å². The molecule has 2 rings (SSSR count). The first kappa shape index (κ1) is 8.44. The smallest absolute Gasteiger partial charge is 0.213 e. The summed E-state index contributed by atoms with van der Waals surface area (Å²) in [5.74, 6) is 0.840. The van der Waals surface area contributed by atoms with Crippen LogP contribution in [0.1, 0.15) is 17.2 Å². The van der Waals surface area contributed by atoms with Crippen LogP contribution in [0.25, 0.3) is 5.13 Å². The van der Waals surface area contributed by atoms with Gasteiger partial charge >= 0.3 is 0 Å². The molecule has 68 valence electrons. The number of aromatic nitrogens is 3. The van der Waals surface area contributed by atoms with Gasteiger partial charge in [0.15, 0.2) is 0 Å². The van der Waals surface area contributed by atoms with Crippen LogP contribution in [-0.2, 0) is 0 Å². The summed E-state index contributed by atoms with van der Waals surface area (Å²) in [4.78, 5) is 4.35. The molecule has 0 aliphatic carbocycles. The molecule has 2 heterocycles. The zero-order valence-electron chi connectivity index (χ0n) is 7.90. The lowest BCUT2D eigenvalue weighted by atomic mass is 10.5. The van der Waals surface area contributed by atoms with Crippen molar-refractivity contribution in [2.45, 2.75) is 20.8 Å². The molecule has 0 unspecified atom stereocenters. The predicted octanol–water partition coefficient (Wildman–Crippen LogP) is 2.25. The van der Waals surface area contributed by atoms with Crippen molar-refractivity contribution in [1.29, 1.82) is 0 Å². The topological polar surface area (TPSA) is 30.7 Å². The molecule has 2 aromatic rings. The molecule has 0 saturated carbocycles. The molecular weight excluding hydrogens is 182 g/mol. The largest absolute Gasteiger partial charge is 0.293 e. The van der Waals surface area contributed by atoms with Gasteiger partial charge in [-0.3, -0.25) is 4.57 Å². The SMILES string of the molecule is Cc1nsc(-n2c(C)ccc2C)n1. The van der Waals surface area contributed by atoms with Crippen LogP contribution in [-0.4, -0.2) is 13.9 Å². The Balaban J connectivity index is 2.57.